The number of alkyl halides is 3. The molecule has 2 aromatic carbocycles. The normalized spacial score (nSPS) is 20.6. The Morgan fingerprint density at radius 2 is 1.90 bits per heavy atom. The van der Waals surface area contributed by atoms with Gasteiger partial charge >= 0.3 is 6.18 Å². The fourth-order valence-electron chi connectivity index (χ4n) is 3.98. The quantitative estimate of drug-likeness (QED) is 0.444. The fraction of sp³-hybridized carbons (Fsp3) is 0.478. The summed E-state index contributed by atoms with van der Waals surface area (Å²) in [6, 6.07) is 13.4. The largest absolute Gasteiger partial charge is 0.493 e. The van der Waals surface area contributed by atoms with Crippen LogP contribution in [0.3, 0.4) is 0 Å². The lowest BCUT2D eigenvalue weighted by atomic mass is 9.81. The van der Waals surface area contributed by atoms with Crippen LogP contribution < -0.4 is 4.74 Å². The van der Waals surface area contributed by atoms with Crippen LogP contribution in [0.4, 0.5) is 13.2 Å². The predicted molar refractivity (Wildman–Crippen MR) is 113 cm³/mol. The minimum Gasteiger partial charge on any atom is -0.493 e. The fourth-order valence-corrected chi connectivity index (χ4v) is 4.40. The zero-order valence-corrected chi connectivity index (χ0v) is 18.2. The number of piperidine rings is 1. The maximum atomic E-state index is 12.8. The van der Waals surface area contributed by atoms with E-state index in [1.54, 1.807) is 0 Å². The molecule has 2 nitrogen and oxygen atoms in total. The summed E-state index contributed by atoms with van der Waals surface area (Å²) >= 11 is 3.56. The van der Waals surface area contributed by atoms with Gasteiger partial charge in [-0.25, -0.2) is 0 Å². The number of hydrogen-bond donors (Lipinski definition) is 0. The summed E-state index contributed by atoms with van der Waals surface area (Å²) in [6.45, 7) is 5.77. The van der Waals surface area contributed by atoms with Gasteiger partial charge in [-0.2, -0.15) is 13.2 Å². The van der Waals surface area contributed by atoms with E-state index in [2.05, 4.69) is 46.0 Å². The van der Waals surface area contributed by atoms with Gasteiger partial charge in [-0.15, -0.1) is 0 Å². The molecule has 1 heterocycles. The molecule has 0 spiro atoms. The first-order valence-corrected chi connectivity index (χ1v) is 10.9. The van der Waals surface area contributed by atoms with Crippen molar-refractivity contribution < 1.29 is 17.9 Å². The Morgan fingerprint density at radius 3 is 2.55 bits per heavy atom. The van der Waals surface area contributed by atoms with E-state index in [9.17, 15) is 13.2 Å². The molecule has 0 unspecified atom stereocenters. The molecule has 6 heteroatoms. The second-order valence-electron chi connectivity index (χ2n) is 7.70. The minimum atomic E-state index is -4.33. The standard InChI is InChI=1S/C23H27BrF3NO/c1-2-3-12-28-13-11-22(17-5-4-6-20(24)14-17)18(15-28)16-29-21-9-7-19(8-10-21)23(25,26)27/h4-10,14,18,22H,2-3,11-13,15-16H2,1H3/t18-,22-/m0/s1. The van der Waals surface area contributed by atoms with Gasteiger partial charge in [-0.3, -0.25) is 0 Å². The first kappa shape index (κ1) is 22.2. The van der Waals surface area contributed by atoms with Gasteiger partial charge in [-0.1, -0.05) is 41.4 Å². The molecule has 0 saturated carbocycles. The molecule has 158 valence electrons. The zero-order chi connectivity index (χ0) is 20.9. The molecule has 1 fully saturated rings. The number of unbranched alkanes of at least 4 members (excludes halogenated alkanes) is 1. The number of nitrogens with zero attached hydrogens (tertiary/aromatic N) is 1. The molecule has 29 heavy (non-hydrogen) atoms. The summed E-state index contributed by atoms with van der Waals surface area (Å²) in [7, 11) is 0. The van der Waals surface area contributed by atoms with Crippen LogP contribution in [0.15, 0.2) is 53.0 Å². The van der Waals surface area contributed by atoms with E-state index in [0.717, 1.165) is 49.1 Å². The Balaban J connectivity index is 1.70. The zero-order valence-electron chi connectivity index (χ0n) is 16.6. The van der Waals surface area contributed by atoms with Crippen LogP contribution in [0.25, 0.3) is 0 Å². The van der Waals surface area contributed by atoms with Crippen molar-refractivity contribution in [3.8, 4) is 5.75 Å². The summed E-state index contributed by atoms with van der Waals surface area (Å²) < 4.78 is 45.3. The Kier molecular flexibility index (Phi) is 7.63. The van der Waals surface area contributed by atoms with Gasteiger partial charge in [0.1, 0.15) is 5.75 Å². The van der Waals surface area contributed by atoms with Crippen molar-refractivity contribution in [2.45, 2.75) is 38.3 Å². The van der Waals surface area contributed by atoms with Gasteiger partial charge in [-0.05, 0) is 73.8 Å². The van der Waals surface area contributed by atoms with E-state index in [-0.39, 0.29) is 5.92 Å². The third-order valence-corrected chi connectivity index (χ3v) is 6.06. The molecule has 1 aliphatic rings. The van der Waals surface area contributed by atoms with Crippen LogP contribution in [0.1, 0.15) is 43.2 Å². The summed E-state index contributed by atoms with van der Waals surface area (Å²) in [5, 5.41) is 0. The van der Waals surface area contributed by atoms with Gasteiger partial charge in [0.15, 0.2) is 0 Å². The van der Waals surface area contributed by atoms with Crippen molar-refractivity contribution in [2.24, 2.45) is 5.92 Å². The molecule has 0 amide bonds. The number of halogens is 4. The highest BCUT2D eigenvalue weighted by Crippen LogP contribution is 2.35. The van der Waals surface area contributed by atoms with Crippen LogP contribution in [0.5, 0.6) is 5.75 Å². The molecule has 2 aromatic rings. The lowest BCUT2D eigenvalue weighted by Gasteiger charge is -2.39. The lowest BCUT2D eigenvalue weighted by Crippen LogP contribution is -2.42. The van der Waals surface area contributed by atoms with Crippen LogP contribution in [0.2, 0.25) is 0 Å². The predicted octanol–water partition coefficient (Wildman–Crippen LogP) is 6.75. The van der Waals surface area contributed by atoms with E-state index in [4.69, 9.17) is 4.74 Å². The van der Waals surface area contributed by atoms with Crippen molar-refractivity contribution in [3.63, 3.8) is 0 Å². The van der Waals surface area contributed by atoms with Crippen LogP contribution in [-0.4, -0.2) is 31.1 Å². The van der Waals surface area contributed by atoms with Crippen LogP contribution in [-0.2, 0) is 6.18 Å². The molecule has 0 bridgehead atoms. The molecular formula is C23H27BrF3NO. The molecule has 0 aromatic heterocycles. The Bertz CT molecular complexity index is 778. The van der Waals surface area contributed by atoms with Crippen LogP contribution in [0, 0.1) is 5.92 Å². The van der Waals surface area contributed by atoms with Gasteiger partial charge in [0.25, 0.3) is 0 Å². The molecule has 3 rings (SSSR count). The Morgan fingerprint density at radius 1 is 1.14 bits per heavy atom. The van der Waals surface area contributed by atoms with Crippen molar-refractivity contribution in [3.05, 3.63) is 64.1 Å². The average molecular weight is 470 g/mol. The number of hydrogen-bond acceptors (Lipinski definition) is 2. The minimum absolute atomic E-state index is 0.289. The summed E-state index contributed by atoms with van der Waals surface area (Å²) in [5.41, 5.74) is 0.635. The van der Waals surface area contributed by atoms with Crippen molar-refractivity contribution in [1.29, 1.82) is 0 Å². The molecule has 2 atom stereocenters. The monoisotopic (exact) mass is 469 g/mol. The lowest BCUT2D eigenvalue weighted by molar-refractivity contribution is -0.137. The molecule has 0 aliphatic carbocycles. The third-order valence-electron chi connectivity index (χ3n) is 5.57. The molecule has 1 aliphatic heterocycles. The summed E-state index contributed by atoms with van der Waals surface area (Å²) in [5.74, 6) is 1.15. The highest BCUT2D eigenvalue weighted by atomic mass is 79.9. The van der Waals surface area contributed by atoms with Gasteiger partial charge in [0, 0.05) is 16.9 Å². The summed E-state index contributed by atoms with van der Waals surface area (Å²) in [6.07, 6.45) is -0.930. The smallest absolute Gasteiger partial charge is 0.416 e. The van der Waals surface area contributed by atoms with E-state index in [1.807, 2.05) is 6.07 Å². The second kappa shape index (κ2) is 9.98. The first-order chi connectivity index (χ1) is 13.9. The van der Waals surface area contributed by atoms with Crippen LogP contribution >= 0.6 is 15.9 Å². The van der Waals surface area contributed by atoms with E-state index >= 15 is 0 Å². The highest BCUT2D eigenvalue weighted by molar-refractivity contribution is 9.10. The van der Waals surface area contributed by atoms with Gasteiger partial charge in [0.2, 0.25) is 0 Å². The summed E-state index contributed by atoms with van der Waals surface area (Å²) in [4.78, 5) is 2.48. The number of rotatable bonds is 7. The molecular weight excluding hydrogens is 443 g/mol. The third kappa shape index (κ3) is 6.22. The van der Waals surface area contributed by atoms with E-state index in [1.165, 1.54) is 24.1 Å². The van der Waals surface area contributed by atoms with Crippen molar-refractivity contribution in [2.75, 3.05) is 26.2 Å². The van der Waals surface area contributed by atoms with Crippen molar-refractivity contribution in [1.82, 2.24) is 4.90 Å². The number of benzene rings is 2. The maximum absolute atomic E-state index is 12.8. The van der Waals surface area contributed by atoms with Crippen molar-refractivity contribution >= 4 is 15.9 Å². The Hall–Kier alpha value is -1.53. The highest BCUT2D eigenvalue weighted by Gasteiger charge is 2.32. The van der Waals surface area contributed by atoms with Gasteiger partial charge in [0.05, 0.1) is 12.2 Å². The number of ether oxygens (including phenoxy) is 1. The average Bonchev–Trinajstić information content (AvgIpc) is 2.70. The van der Waals surface area contributed by atoms with Gasteiger partial charge < -0.3 is 9.64 Å². The van der Waals surface area contributed by atoms with E-state index < -0.39 is 11.7 Å². The second-order valence-corrected chi connectivity index (χ2v) is 8.61. The SMILES string of the molecule is CCCCN1CC[C@@H](c2cccc(Br)c2)[C@H](COc2ccc(C(F)(F)F)cc2)C1. The first-order valence-electron chi connectivity index (χ1n) is 10.1. The maximum Gasteiger partial charge on any atom is 0.416 e. The molecule has 0 radical (unpaired) electrons. The topological polar surface area (TPSA) is 12.5 Å². The van der Waals surface area contributed by atoms with E-state index in [0.29, 0.717) is 18.3 Å². The molecule has 1 saturated heterocycles. The molecule has 0 N–H and O–H groups in total. The Labute approximate surface area is 179 Å². The number of likely N-dealkylation sites (tertiary alicyclic amines) is 1.